The number of hydrogen-bond acceptors (Lipinski definition) is 6. The molecule has 1 atom stereocenters. The SMILES string of the molecule is O=[S@@]1CCN(CCO)c2nc(N3CCC(c4ccc(Cl)cc4)CC3)ncc21. The van der Waals surface area contributed by atoms with Crippen molar-refractivity contribution in [2.24, 2.45) is 0 Å². The van der Waals surface area contributed by atoms with Gasteiger partial charge in [0.05, 0.1) is 28.5 Å². The molecule has 27 heavy (non-hydrogen) atoms. The van der Waals surface area contributed by atoms with Crippen LogP contribution in [0.5, 0.6) is 0 Å². The molecule has 0 spiro atoms. The lowest BCUT2D eigenvalue weighted by molar-refractivity contribution is 0.301. The van der Waals surface area contributed by atoms with E-state index in [1.54, 1.807) is 6.20 Å². The number of β-amino-alcohol motifs (C(OH)–C–C–N with tert-alkyl or cyclic N) is 1. The third-order valence-corrected chi connectivity index (χ3v) is 6.89. The maximum atomic E-state index is 12.3. The van der Waals surface area contributed by atoms with E-state index in [0.717, 1.165) is 31.0 Å². The second kappa shape index (κ2) is 8.12. The molecule has 2 aliphatic rings. The summed E-state index contributed by atoms with van der Waals surface area (Å²) in [5.74, 6) is 2.47. The van der Waals surface area contributed by atoms with Crippen molar-refractivity contribution in [2.45, 2.75) is 23.7 Å². The van der Waals surface area contributed by atoms with E-state index in [-0.39, 0.29) is 6.61 Å². The van der Waals surface area contributed by atoms with Crippen molar-refractivity contribution in [3.8, 4) is 0 Å². The monoisotopic (exact) mass is 406 g/mol. The molecule has 1 aromatic heterocycles. The lowest BCUT2D eigenvalue weighted by atomic mass is 9.90. The van der Waals surface area contributed by atoms with Gasteiger partial charge in [-0.25, -0.2) is 4.98 Å². The Labute approximate surface area is 166 Å². The number of aromatic nitrogens is 2. The number of fused-ring (bicyclic) bond motifs is 1. The number of aliphatic hydroxyl groups is 1. The number of hydrogen-bond donors (Lipinski definition) is 1. The Morgan fingerprint density at radius 3 is 2.63 bits per heavy atom. The summed E-state index contributed by atoms with van der Waals surface area (Å²) in [7, 11) is -1.06. The van der Waals surface area contributed by atoms with Gasteiger partial charge in [0.15, 0.2) is 5.82 Å². The third kappa shape index (κ3) is 3.95. The van der Waals surface area contributed by atoms with Crippen LogP contribution in [0.25, 0.3) is 0 Å². The van der Waals surface area contributed by atoms with E-state index in [2.05, 4.69) is 22.0 Å². The Morgan fingerprint density at radius 2 is 1.93 bits per heavy atom. The highest BCUT2D eigenvalue weighted by molar-refractivity contribution is 7.85. The molecule has 1 aromatic carbocycles. The summed E-state index contributed by atoms with van der Waals surface area (Å²) in [6.45, 7) is 2.97. The molecule has 1 N–H and O–H groups in total. The number of rotatable bonds is 4. The molecule has 0 amide bonds. The summed E-state index contributed by atoms with van der Waals surface area (Å²) in [6, 6.07) is 8.12. The maximum Gasteiger partial charge on any atom is 0.227 e. The molecule has 1 fully saturated rings. The van der Waals surface area contributed by atoms with E-state index in [1.807, 2.05) is 17.0 Å². The zero-order valence-corrected chi connectivity index (χ0v) is 16.6. The Bertz CT molecular complexity index is 825. The van der Waals surface area contributed by atoms with Gasteiger partial charge in [0, 0.05) is 37.0 Å². The fraction of sp³-hybridized carbons (Fsp3) is 0.474. The Morgan fingerprint density at radius 1 is 1.19 bits per heavy atom. The largest absolute Gasteiger partial charge is 0.395 e. The molecule has 0 aliphatic carbocycles. The van der Waals surface area contributed by atoms with Crippen molar-refractivity contribution in [3.63, 3.8) is 0 Å². The smallest absolute Gasteiger partial charge is 0.227 e. The minimum atomic E-state index is -1.06. The van der Waals surface area contributed by atoms with Crippen LogP contribution in [0, 0.1) is 0 Å². The summed E-state index contributed by atoms with van der Waals surface area (Å²) < 4.78 is 12.3. The molecule has 0 saturated carbocycles. The first-order valence-electron chi connectivity index (χ1n) is 9.27. The fourth-order valence-corrected chi connectivity index (χ4v) is 5.07. The summed E-state index contributed by atoms with van der Waals surface area (Å²) >= 11 is 5.99. The van der Waals surface area contributed by atoms with Crippen LogP contribution in [0.15, 0.2) is 35.4 Å². The highest BCUT2D eigenvalue weighted by Gasteiger charge is 2.27. The third-order valence-electron chi connectivity index (χ3n) is 5.30. The van der Waals surface area contributed by atoms with Gasteiger partial charge >= 0.3 is 0 Å². The number of aliphatic hydroxyl groups excluding tert-OH is 1. The highest BCUT2D eigenvalue weighted by atomic mass is 35.5. The predicted molar refractivity (Wildman–Crippen MR) is 108 cm³/mol. The molecule has 2 aliphatic heterocycles. The molecule has 3 heterocycles. The van der Waals surface area contributed by atoms with Gasteiger partial charge < -0.3 is 14.9 Å². The van der Waals surface area contributed by atoms with Crippen molar-refractivity contribution < 1.29 is 9.32 Å². The van der Waals surface area contributed by atoms with Crippen molar-refractivity contribution in [1.29, 1.82) is 0 Å². The fourth-order valence-electron chi connectivity index (χ4n) is 3.79. The van der Waals surface area contributed by atoms with Crippen molar-refractivity contribution in [3.05, 3.63) is 41.0 Å². The Balaban J connectivity index is 1.49. The molecular formula is C19H23ClN4O2S. The van der Waals surface area contributed by atoms with Crippen molar-refractivity contribution in [1.82, 2.24) is 9.97 Å². The average molecular weight is 407 g/mol. The first-order valence-corrected chi connectivity index (χ1v) is 11.0. The lowest BCUT2D eigenvalue weighted by Gasteiger charge is -2.34. The number of anilines is 2. The summed E-state index contributed by atoms with van der Waals surface area (Å²) in [5.41, 5.74) is 1.33. The van der Waals surface area contributed by atoms with E-state index in [0.29, 0.717) is 41.4 Å². The van der Waals surface area contributed by atoms with Crippen LogP contribution in [0.3, 0.4) is 0 Å². The van der Waals surface area contributed by atoms with E-state index in [9.17, 15) is 9.32 Å². The summed E-state index contributed by atoms with van der Waals surface area (Å²) in [5, 5.41) is 10.1. The molecule has 144 valence electrons. The van der Waals surface area contributed by atoms with Crippen LogP contribution in [0.4, 0.5) is 11.8 Å². The first kappa shape index (κ1) is 18.7. The van der Waals surface area contributed by atoms with Crippen molar-refractivity contribution >= 4 is 34.2 Å². The van der Waals surface area contributed by atoms with Crippen LogP contribution in [-0.4, -0.2) is 57.8 Å². The average Bonchev–Trinajstić information content (AvgIpc) is 2.71. The van der Waals surface area contributed by atoms with Crippen molar-refractivity contribution in [2.75, 3.05) is 48.3 Å². The number of nitrogens with zero attached hydrogens (tertiary/aromatic N) is 4. The topological polar surface area (TPSA) is 69.6 Å². The first-order chi connectivity index (χ1) is 13.2. The van der Waals surface area contributed by atoms with E-state index >= 15 is 0 Å². The second-order valence-electron chi connectivity index (χ2n) is 6.93. The maximum absolute atomic E-state index is 12.3. The second-order valence-corrected chi connectivity index (χ2v) is 8.91. The van der Waals surface area contributed by atoms with Crippen LogP contribution >= 0.6 is 11.6 Å². The molecule has 8 heteroatoms. The van der Waals surface area contributed by atoms with Gasteiger partial charge in [-0.1, -0.05) is 23.7 Å². The predicted octanol–water partition coefficient (Wildman–Crippen LogP) is 2.43. The molecule has 0 bridgehead atoms. The van der Waals surface area contributed by atoms with Crippen LogP contribution in [0.1, 0.15) is 24.3 Å². The number of benzene rings is 1. The standard InChI is InChI=1S/C19H23ClN4O2S/c20-16-3-1-14(2-4-16)15-5-7-24(8-6-15)19-21-13-17-18(22-19)23(9-11-25)10-12-27(17)26/h1-4,13,15,25H,5-12H2/t27-/m1/s1. The van der Waals surface area contributed by atoms with Gasteiger partial charge in [0.25, 0.3) is 0 Å². The van der Waals surface area contributed by atoms with Crippen LogP contribution in [-0.2, 0) is 10.8 Å². The zero-order chi connectivity index (χ0) is 18.8. The van der Waals surface area contributed by atoms with Gasteiger partial charge in [-0.05, 0) is 36.5 Å². The minimum absolute atomic E-state index is 0.0535. The van der Waals surface area contributed by atoms with Gasteiger partial charge in [0.2, 0.25) is 5.95 Å². The molecule has 2 aromatic rings. The molecule has 0 radical (unpaired) electrons. The molecule has 6 nitrogen and oxygen atoms in total. The minimum Gasteiger partial charge on any atom is -0.395 e. The molecule has 1 saturated heterocycles. The van der Waals surface area contributed by atoms with Crippen LogP contribution < -0.4 is 9.80 Å². The summed E-state index contributed by atoms with van der Waals surface area (Å²) in [6.07, 6.45) is 3.77. The van der Waals surface area contributed by atoms with Gasteiger partial charge in [-0.15, -0.1) is 0 Å². The van der Waals surface area contributed by atoms with Gasteiger partial charge in [-0.3, -0.25) is 4.21 Å². The van der Waals surface area contributed by atoms with Gasteiger partial charge in [-0.2, -0.15) is 4.98 Å². The Kier molecular flexibility index (Phi) is 5.61. The van der Waals surface area contributed by atoms with Crippen LogP contribution in [0.2, 0.25) is 5.02 Å². The lowest BCUT2D eigenvalue weighted by Crippen LogP contribution is -2.38. The quantitative estimate of drug-likeness (QED) is 0.841. The molecule has 0 unspecified atom stereocenters. The normalized spacial score (nSPS) is 20.6. The van der Waals surface area contributed by atoms with E-state index in [1.165, 1.54) is 5.56 Å². The number of piperidine rings is 1. The van der Waals surface area contributed by atoms with E-state index in [4.69, 9.17) is 16.6 Å². The zero-order valence-electron chi connectivity index (χ0n) is 15.1. The number of halogens is 1. The molecular weight excluding hydrogens is 384 g/mol. The highest BCUT2D eigenvalue weighted by Crippen LogP contribution is 2.32. The Hall–Kier alpha value is -1.70. The molecule has 4 rings (SSSR count). The van der Waals surface area contributed by atoms with E-state index < -0.39 is 10.8 Å². The van der Waals surface area contributed by atoms with Gasteiger partial charge in [0.1, 0.15) is 0 Å². The summed E-state index contributed by atoms with van der Waals surface area (Å²) in [4.78, 5) is 14.1.